The maximum atomic E-state index is 13.3. The molecule has 3 heteroatoms. The van der Waals surface area contributed by atoms with E-state index >= 15 is 0 Å². The summed E-state index contributed by atoms with van der Waals surface area (Å²) >= 11 is 0. The van der Waals surface area contributed by atoms with Crippen LogP contribution in [0.15, 0.2) is 78.9 Å². The lowest BCUT2D eigenvalue weighted by molar-refractivity contribution is -0.132. The summed E-state index contributed by atoms with van der Waals surface area (Å²) in [5.41, 5.74) is 2.56. The van der Waals surface area contributed by atoms with Crippen molar-refractivity contribution >= 4 is 11.6 Å². The fourth-order valence-electron chi connectivity index (χ4n) is 3.51. The van der Waals surface area contributed by atoms with Gasteiger partial charge in [-0.2, -0.15) is 0 Å². The summed E-state index contributed by atoms with van der Waals surface area (Å²) in [4.78, 5) is 15.0. The highest BCUT2D eigenvalue weighted by Crippen LogP contribution is 2.44. The molecule has 3 nitrogen and oxygen atoms in total. The molecule has 0 bridgehead atoms. The molecule has 25 heavy (non-hydrogen) atoms. The molecular formula is C22H19NO2. The second-order valence-electron chi connectivity index (χ2n) is 6.41. The van der Waals surface area contributed by atoms with E-state index in [9.17, 15) is 9.90 Å². The minimum Gasteiger partial charge on any atom is -0.372 e. The largest absolute Gasteiger partial charge is 0.372 e. The smallest absolute Gasteiger partial charge is 0.268 e. The quantitative estimate of drug-likeness (QED) is 0.794. The summed E-state index contributed by atoms with van der Waals surface area (Å²) in [5, 5.41) is 11.4. The van der Waals surface area contributed by atoms with E-state index < -0.39 is 5.60 Å². The average molecular weight is 329 g/mol. The molecule has 1 atom stereocenters. The van der Waals surface area contributed by atoms with E-state index in [4.69, 9.17) is 0 Å². The first-order chi connectivity index (χ1) is 12.1. The van der Waals surface area contributed by atoms with Crippen LogP contribution in [0, 0.1) is 6.92 Å². The van der Waals surface area contributed by atoms with Gasteiger partial charge in [-0.15, -0.1) is 0 Å². The zero-order valence-corrected chi connectivity index (χ0v) is 14.0. The Balaban J connectivity index is 1.83. The van der Waals surface area contributed by atoms with Gasteiger partial charge in [0.2, 0.25) is 0 Å². The predicted molar refractivity (Wildman–Crippen MR) is 98.3 cm³/mol. The molecule has 0 fully saturated rings. The first kappa shape index (κ1) is 15.6. The van der Waals surface area contributed by atoms with Gasteiger partial charge < -0.3 is 10.0 Å². The fraction of sp³-hybridized carbons (Fsp3) is 0.136. The van der Waals surface area contributed by atoms with Gasteiger partial charge >= 0.3 is 0 Å². The summed E-state index contributed by atoms with van der Waals surface area (Å²) in [6.07, 6.45) is 0. The van der Waals surface area contributed by atoms with Crippen molar-refractivity contribution < 1.29 is 9.90 Å². The zero-order chi connectivity index (χ0) is 17.4. The fourth-order valence-corrected chi connectivity index (χ4v) is 3.51. The highest BCUT2D eigenvalue weighted by Gasteiger charge is 2.50. The van der Waals surface area contributed by atoms with Crippen molar-refractivity contribution in [1.29, 1.82) is 0 Å². The number of anilines is 1. The minimum absolute atomic E-state index is 0.303. The highest BCUT2D eigenvalue weighted by atomic mass is 16.3. The molecular weight excluding hydrogens is 310 g/mol. The normalized spacial score (nSPS) is 19.1. The van der Waals surface area contributed by atoms with Gasteiger partial charge in [0, 0.05) is 5.56 Å². The van der Waals surface area contributed by atoms with Gasteiger partial charge in [-0.25, -0.2) is 0 Å². The third-order valence-electron chi connectivity index (χ3n) is 4.92. The van der Waals surface area contributed by atoms with Crippen LogP contribution in [-0.4, -0.2) is 11.0 Å². The number of benzene rings is 3. The molecule has 0 saturated carbocycles. The molecule has 3 aromatic carbocycles. The minimum atomic E-state index is -1.64. The Bertz CT molecular complexity index is 936. The lowest BCUT2D eigenvalue weighted by Crippen LogP contribution is -2.40. The Morgan fingerprint density at radius 1 is 0.880 bits per heavy atom. The number of fused-ring (bicyclic) bond motifs is 1. The van der Waals surface area contributed by atoms with Crippen LogP contribution in [0.3, 0.4) is 0 Å². The Kier molecular flexibility index (Phi) is 3.66. The lowest BCUT2D eigenvalue weighted by atomic mass is 9.87. The molecule has 3 aromatic rings. The second kappa shape index (κ2) is 5.87. The van der Waals surface area contributed by atoms with Crippen LogP contribution >= 0.6 is 0 Å². The van der Waals surface area contributed by atoms with Crippen molar-refractivity contribution in [2.45, 2.75) is 19.1 Å². The number of rotatable bonds is 3. The molecule has 0 saturated heterocycles. The number of aryl methyl sites for hydroxylation is 1. The Hall–Kier alpha value is -2.91. The van der Waals surface area contributed by atoms with Crippen LogP contribution in [0.5, 0.6) is 0 Å². The molecule has 124 valence electrons. The molecule has 1 N–H and O–H groups in total. The van der Waals surface area contributed by atoms with Crippen LogP contribution < -0.4 is 4.90 Å². The first-order valence-corrected chi connectivity index (χ1v) is 8.36. The van der Waals surface area contributed by atoms with Gasteiger partial charge in [-0.1, -0.05) is 72.8 Å². The van der Waals surface area contributed by atoms with Crippen LogP contribution in [0.2, 0.25) is 0 Å². The number of para-hydroxylation sites is 1. The maximum absolute atomic E-state index is 13.3. The average Bonchev–Trinajstić information content (AvgIpc) is 2.87. The SMILES string of the molecule is Cc1ccccc1CN1C(=O)[C@](O)(c2ccccc2)c2ccccc21. The predicted octanol–water partition coefficient (Wildman–Crippen LogP) is 3.78. The molecule has 0 spiro atoms. The van der Waals surface area contributed by atoms with E-state index in [-0.39, 0.29) is 5.91 Å². The number of carbonyl (C=O) groups is 1. The first-order valence-electron chi connectivity index (χ1n) is 8.36. The molecule has 0 radical (unpaired) electrons. The maximum Gasteiger partial charge on any atom is 0.268 e. The van der Waals surface area contributed by atoms with E-state index in [0.717, 1.165) is 16.8 Å². The third kappa shape index (κ3) is 2.36. The van der Waals surface area contributed by atoms with Crippen LogP contribution in [0.4, 0.5) is 5.69 Å². The van der Waals surface area contributed by atoms with Crippen LogP contribution in [0.1, 0.15) is 22.3 Å². The number of amides is 1. The Morgan fingerprint density at radius 3 is 2.28 bits per heavy atom. The number of hydrogen-bond donors (Lipinski definition) is 1. The third-order valence-corrected chi connectivity index (χ3v) is 4.92. The molecule has 0 aliphatic carbocycles. The molecule has 1 heterocycles. The van der Waals surface area contributed by atoms with Gasteiger partial charge in [-0.05, 0) is 29.7 Å². The number of carbonyl (C=O) groups excluding carboxylic acids is 1. The van der Waals surface area contributed by atoms with Crippen molar-refractivity contribution in [3.63, 3.8) is 0 Å². The van der Waals surface area contributed by atoms with Crippen molar-refractivity contribution in [3.05, 3.63) is 101 Å². The van der Waals surface area contributed by atoms with Crippen molar-refractivity contribution in [1.82, 2.24) is 0 Å². The summed E-state index contributed by atoms with van der Waals surface area (Å²) in [7, 11) is 0. The molecule has 1 aliphatic heterocycles. The van der Waals surface area contributed by atoms with Crippen molar-refractivity contribution in [3.8, 4) is 0 Å². The van der Waals surface area contributed by atoms with Gasteiger partial charge in [0.05, 0.1) is 12.2 Å². The molecule has 0 unspecified atom stereocenters. The highest BCUT2D eigenvalue weighted by molar-refractivity contribution is 6.09. The monoisotopic (exact) mass is 329 g/mol. The second-order valence-corrected chi connectivity index (χ2v) is 6.41. The summed E-state index contributed by atoms with van der Waals surface area (Å²) in [6, 6.07) is 24.6. The topological polar surface area (TPSA) is 40.5 Å². The van der Waals surface area contributed by atoms with Crippen LogP contribution in [0.25, 0.3) is 0 Å². The molecule has 1 amide bonds. The van der Waals surface area contributed by atoms with E-state index in [1.165, 1.54) is 0 Å². The molecule has 4 rings (SSSR count). The van der Waals surface area contributed by atoms with Gasteiger partial charge in [-0.3, -0.25) is 4.79 Å². The summed E-state index contributed by atoms with van der Waals surface area (Å²) < 4.78 is 0. The van der Waals surface area contributed by atoms with E-state index in [1.807, 2.05) is 73.7 Å². The van der Waals surface area contributed by atoms with Gasteiger partial charge in [0.1, 0.15) is 0 Å². The lowest BCUT2D eigenvalue weighted by Gasteiger charge is -2.24. The Labute approximate surface area is 147 Å². The summed E-state index contributed by atoms with van der Waals surface area (Å²) in [6.45, 7) is 2.48. The Morgan fingerprint density at radius 2 is 1.52 bits per heavy atom. The number of nitrogens with zero attached hydrogens (tertiary/aromatic N) is 1. The number of aliphatic hydroxyl groups is 1. The van der Waals surface area contributed by atoms with Gasteiger partial charge in [0.25, 0.3) is 5.91 Å². The number of hydrogen-bond acceptors (Lipinski definition) is 2. The van der Waals surface area contributed by atoms with Gasteiger partial charge in [0.15, 0.2) is 5.60 Å². The van der Waals surface area contributed by atoms with Crippen molar-refractivity contribution in [2.75, 3.05) is 4.90 Å². The van der Waals surface area contributed by atoms with Crippen molar-refractivity contribution in [2.24, 2.45) is 0 Å². The van der Waals surface area contributed by atoms with E-state index in [0.29, 0.717) is 17.7 Å². The summed E-state index contributed by atoms with van der Waals surface area (Å²) in [5.74, 6) is -0.303. The van der Waals surface area contributed by atoms with E-state index in [1.54, 1.807) is 17.0 Å². The van der Waals surface area contributed by atoms with E-state index in [2.05, 4.69) is 0 Å². The molecule has 1 aliphatic rings. The zero-order valence-electron chi connectivity index (χ0n) is 14.0. The van der Waals surface area contributed by atoms with Crippen LogP contribution in [-0.2, 0) is 16.9 Å². The molecule has 0 aromatic heterocycles. The standard InChI is InChI=1S/C22H19NO2/c1-16-9-5-6-10-17(16)15-23-20-14-8-7-13-19(20)22(25,21(23)24)18-11-3-2-4-12-18/h2-14,25H,15H2,1H3/t22-/m0/s1.